The summed E-state index contributed by atoms with van der Waals surface area (Å²) >= 11 is 0. The molecule has 18 heavy (non-hydrogen) atoms. The molecule has 0 aliphatic carbocycles. The van der Waals surface area contributed by atoms with Crippen molar-refractivity contribution in [3.8, 4) is 0 Å². The van der Waals surface area contributed by atoms with E-state index >= 15 is 0 Å². The van der Waals surface area contributed by atoms with Gasteiger partial charge in [-0.05, 0) is 6.92 Å². The molecule has 96 valence electrons. The lowest BCUT2D eigenvalue weighted by Gasteiger charge is -2.02. The number of rotatable bonds is 3. The van der Waals surface area contributed by atoms with Gasteiger partial charge in [0.15, 0.2) is 11.2 Å². The van der Waals surface area contributed by atoms with E-state index in [1.165, 1.54) is 16.2 Å². The first-order valence-electron chi connectivity index (χ1n) is 5.36. The number of carbonyl (C=O) groups is 1. The van der Waals surface area contributed by atoms with Gasteiger partial charge in [-0.25, -0.2) is 9.78 Å². The summed E-state index contributed by atoms with van der Waals surface area (Å²) in [5.74, 6) is -0.784. The largest absolute Gasteiger partial charge is 0.481 e. The molecule has 0 fully saturated rings. The number of carboxylic acid groups (broad SMARTS) is 1. The average molecular weight is 252 g/mol. The van der Waals surface area contributed by atoms with Gasteiger partial charge in [-0.15, -0.1) is 0 Å². The maximum absolute atomic E-state index is 11.8. The molecule has 0 atom stereocenters. The predicted molar refractivity (Wildman–Crippen MR) is 62.6 cm³/mol. The molecule has 0 amide bonds. The Hall–Kier alpha value is -2.38. The SMILES string of the molecule is CCn1c(CC(=O)O)nc2c1c(=O)[nH]c(=O)n2C. The number of H-pyrrole nitrogens is 1. The van der Waals surface area contributed by atoms with Crippen molar-refractivity contribution < 1.29 is 9.90 Å². The highest BCUT2D eigenvalue weighted by Crippen LogP contribution is 2.10. The van der Waals surface area contributed by atoms with Crippen LogP contribution in [0, 0.1) is 0 Å². The minimum Gasteiger partial charge on any atom is -0.481 e. The zero-order chi connectivity index (χ0) is 13.4. The van der Waals surface area contributed by atoms with Gasteiger partial charge >= 0.3 is 11.7 Å². The highest BCUT2D eigenvalue weighted by atomic mass is 16.4. The standard InChI is InChI=1S/C10H12N4O4/c1-3-14-5(4-6(15)16)11-8-7(14)9(17)12-10(18)13(8)2/h3-4H2,1-2H3,(H,15,16)(H,12,17,18). The number of hydrogen-bond acceptors (Lipinski definition) is 4. The van der Waals surface area contributed by atoms with Crippen LogP contribution in [0.3, 0.4) is 0 Å². The van der Waals surface area contributed by atoms with E-state index in [9.17, 15) is 14.4 Å². The third-order valence-corrected chi connectivity index (χ3v) is 2.71. The third-order valence-electron chi connectivity index (χ3n) is 2.71. The Bertz CT molecular complexity index is 737. The molecule has 2 aromatic rings. The Labute approximate surface area is 101 Å². The van der Waals surface area contributed by atoms with Crippen LogP contribution in [0.4, 0.5) is 0 Å². The molecule has 0 unspecified atom stereocenters. The van der Waals surface area contributed by atoms with Gasteiger partial charge in [-0.1, -0.05) is 0 Å². The minimum atomic E-state index is -1.04. The van der Waals surface area contributed by atoms with Gasteiger partial charge in [0.2, 0.25) is 0 Å². The van der Waals surface area contributed by atoms with Crippen molar-refractivity contribution in [1.82, 2.24) is 19.1 Å². The maximum atomic E-state index is 11.8. The zero-order valence-corrected chi connectivity index (χ0v) is 9.93. The molecule has 0 spiro atoms. The molecule has 0 radical (unpaired) electrons. The molecular weight excluding hydrogens is 240 g/mol. The number of imidazole rings is 1. The van der Waals surface area contributed by atoms with Gasteiger partial charge in [0.05, 0.1) is 0 Å². The van der Waals surface area contributed by atoms with E-state index in [1.807, 2.05) is 0 Å². The van der Waals surface area contributed by atoms with Crippen LogP contribution in [0.25, 0.3) is 11.2 Å². The maximum Gasteiger partial charge on any atom is 0.329 e. The van der Waals surface area contributed by atoms with Gasteiger partial charge in [0.25, 0.3) is 5.56 Å². The van der Waals surface area contributed by atoms with Crippen molar-refractivity contribution >= 4 is 17.1 Å². The van der Waals surface area contributed by atoms with Gasteiger partial charge in [0, 0.05) is 13.6 Å². The molecular formula is C10H12N4O4. The first-order valence-corrected chi connectivity index (χ1v) is 5.36. The molecule has 8 heteroatoms. The molecule has 0 bridgehead atoms. The number of nitrogens with one attached hydrogen (secondary N) is 1. The topological polar surface area (TPSA) is 110 Å². The van der Waals surface area contributed by atoms with E-state index in [1.54, 1.807) is 6.92 Å². The second-order valence-electron chi connectivity index (χ2n) is 3.83. The van der Waals surface area contributed by atoms with Crippen molar-refractivity contribution in [2.24, 2.45) is 7.05 Å². The second-order valence-corrected chi connectivity index (χ2v) is 3.83. The Morgan fingerprint density at radius 2 is 2.11 bits per heavy atom. The molecule has 8 nitrogen and oxygen atoms in total. The van der Waals surface area contributed by atoms with Crippen LogP contribution in [0.1, 0.15) is 12.7 Å². The van der Waals surface area contributed by atoms with Crippen LogP contribution in [-0.2, 0) is 24.8 Å². The monoisotopic (exact) mass is 252 g/mol. The van der Waals surface area contributed by atoms with Crippen molar-refractivity contribution in [1.29, 1.82) is 0 Å². The average Bonchev–Trinajstić information content (AvgIpc) is 2.64. The van der Waals surface area contributed by atoms with Crippen molar-refractivity contribution in [2.45, 2.75) is 19.9 Å². The number of aromatic amines is 1. The summed E-state index contributed by atoms with van der Waals surface area (Å²) in [4.78, 5) is 40.2. The smallest absolute Gasteiger partial charge is 0.329 e. The Balaban J connectivity index is 2.88. The number of fused-ring (bicyclic) bond motifs is 1. The van der Waals surface area contributed by atoms with Crippen LogP contribution < -0.4 is 11.2 Å². The van der Waals surface area contributed by atoms with E-state index in [0.717, 1.165) is 0 Å². The van der Waals surface area contributed by atoms with Crippen LogP contribution in [-0.4, -0.2) is 30.2 Å². The molecule has 2 rings (SSSR count). The Kier molecular flexibility index (Phi) is 2.77. The van der Waals surface area contributed by atoms with Crippen molar-refractivity contribution in [3.63, 3.8) is 0 Å². The fourth-order valence-electron chi connectivity index (χ4n) is 1.89. The highest BCUT2D eigenvalue weighted by molar-refractivity contribution is 5.74. The fourth-order valence-corrected chi connectivity index (χ4v) is 1.89. The second kappa shape index (κ2) is 4.13. The van der Waals surface area contributed by atoms with Gasteiger partial charge in [-0.3, -0.25) is 19.1 Å². The number of carboxylic acids is 1. The lowest BCUT2D eigenvalue weighted by Crippen LogP contribution is -2.29. The first-order chi connectivity index (χ1) is 8.45. The lowest BCUT2D eigenvalue weighted by atomic mass is 10.4. The van der Waals surface area contributed by atoms with Crippen LogP contribution in [0.5, 0.6) is 0 Å². The molecule has 2 aromatic heterocycles. The molecule has 2 N–H and O–H groups in total. The van der Waals surface area contributed by atoms with Crippen LogP contribution >= 0.6 is 0 Å². The number of aryl methyl sites for hydroxylation is 2. The number of aliphatic carboxylic acids is 1. The van der Waals surface area contributed by atoms with E-state index in [4.69, 9.17) is 5.11 Å². The summed E-state index contributed by atoms with van der Waals surface area (Å²) in [7, 11) is 1.47. The predicted octanol–water partition coefficient (Wildman–Crippen LogP) is -0.930. The van der Waals surface area contributed by atoms with E-state index < -0.39 is 17.2 Å². The summed E-state index contributed by atoms with van der Waals surface area (Å²) in [6.45, 7) is 2.18. The molecule has 0 aliphatic rings. The molecule has 0 saturated heterocycles. The van der Waals surface area contributed by atoms with E-state index in [-0.39, 0.29) is 23.4 Å². The summed E-state index contributed by atoms with van der Waals surface area (Å²) in [6, 6.07) is 0. The summed E-state index contributed by atoms with van der Waals surface area (Å²) in [5, 5.41) is 8.80. The number of hydrogen-bond donors (Lipinski definition) is 2. The summed E-state index contributed by atoms with van der Waals surface area (Å²) in [5.41, 5.74) is -0.716. The van der Waals surface area contributed by atoms with E-state index in [0.29, 0.717) is 6.54 Å². The summed E-state index contributed by atoms with van der Waals surface area (Å²) in [6.07, 6.45) is -0.295. The first kappa shape index (κ1) is 12.1. The normalized spacial score (nSPS) is 11.0. The Morgan fingerprint density at radius 1 is 1.44 bits per heavy atom. The quantitative estimate of drug-likeness (QED) is 0.733. The molecule has 0 saturated carbocycles. The minimum absolute atomic E-state index is 0.196. The highest BCUT2D eigenvalue weighted by Gasteiger charge is 2.17. The Morgan fingerprint density at radius 3 is 2.67 bits per heavy atom. The van der Waals surface area contributed by atoms with Gasteiger partial charge in [-0.2, -0.15) is 0 Å². The zero-order valence-electron chi connectivity index (χ0n) is 9.93. The number of nitrogens with zero attached hydrogens (tertiary/aromatic N) is 3. The fraction of sp³-hybridized carbons (Fsp3) is 0.400. The van der Waals surface area contributed by atoms with Gasteiger partial charge in [0.1, 0.15) is 12.2 Å². The molecule has 2 heterocycles. The number of aromatic nitrogens is 4. The van der Waals surface area contributed by atoms with Crippen LogP contribution in [0.15, 0.2) is 9.59 Å². The van der Waals surface area contributed by atoms with Crippen molar-refractivity contribution in [2.75, 3.05) is 0 Å². The lowest BCUT2D eigenvalue weighted by molar-refractivity contribution is -0.136. The van der Waals surface area contributed by atoms with Crippen LogP contribution in [0.2, 0.25) is 0 Å². The third kappa shape index (κ3) is 1.71. The van der Waals surface area contributed by atoms with E-state index in [2.05, 4.69) is 9.97 Å². The van der Waals surface area contributed by atoms with Crippen molar-refractivity contribution in [3.05, 3.63) is 26.7 Å². The van der Waals surface area contributed by atoms with Gasteiger partial charge < -0.3 is 9.67 Å². The summed E-state index contributed by atoms with van der Waals surface area (Å²) < 4.78 is 2.69. The molecule has 0 aromatic carbocycles. The molecule has 0 aliphatic heterocycles.